The van der Waals surface area contributed by atoms with Crippen molar-refractivity contribution in [1.82, 2.24) is 0 Å². The highest BCUT2D eigenvalue weighted by Crippen LogP contribution is 2.68. The quantitative estimate of drug-likeness (QED) is 0.468. The van der Waals surface area contributed by atoms with E-state index in [4.69, 9.17) is 13.6 Å². The maximum atomic E-state index is 12.2. The van der Waals surface area contributed by atoms with Crippen LogP contribution in [0.15, 0.2) is 0 Å². The van der Waals surface area contributed by atoms with E-state index in [1.54, 1.807) is 0 Å². The molecule has 116 valence electrons. The van der Waals surface area contributed by atoms with Gasteiger partial charge in [0.2, 0.25) is 0 Å². The van der Waals surface area contributed by atoms with E-state index in [9.17, 15) is 14.5 Å². The first-order valence-electron chi connectivity index (χ1n) is 5.86. The van der Waals surface area contributed by atoms with E-state index in [0.717, 1.165) is 0 Å². The standard InChI is InChI=1S/C10H14Br3O6P/c1-9(2)5(6(9)8(14)15)7(10(11,12)13)19-20(16)17-3-4-18-20/h5-7H,3-4H2,1-2H3,(H,14,15)/t5-,6+,7-/m1/s1. The molecule has 1 heterocycles. The zero-order valence-corrected chi connectivity index (χ0v) is 16.4. The largest absolute Gasteiger partial charge is 0.481 e. The number of hydrogen-bond donors (Lipinski definition) is 1. The Labute approximate surface area is 141 Å². The molecule has 0 amide bonds. The Balaban J connectivity index is 2.22. The summed E-state index contributed by atoms with van der Waals surface area (Å²) in [4.78, 5) is 11.3. The number of carboxylic acid groups (broad SMARTS) is 1. The highest BCUT2D eigenvalue weighted by Gasteiger charge is 2.69. The maximum absolute atomic E-state index is 12.2. The van der Waals surface area contributed by atoms with Crippen molar-refractivity contribution in [3.63, 3.8) is 0 Å². The third-order valence-electron chi connectivity index (χ3n) is 3.65. The van der Waals surface area contributed by atoms with Gasteiger partial charge in [0, 0.05) is 5.92 Å². The number of rotatable bonds is 4. The molecular weight excluding hydrogens is 487 g/mol. The minimum absolute atomic E-state index is 0.195. The second-order valence-electron chi connectivity index (χ2n) is 5.34. The first kappa shape index (κ1) is 17.4. The maximum Gasteiger partial charge on any atom is 0.475 e. The normalized spacial score (nSPS) is 32.9. The Morgan fingerprint density at radius 1 is 1.40 bits per heavy atom. The predicted octanol–water partition coefficient (Wildman–Crippen LogP) is 3.72. The molecule has 1 aliphatic heterocycles. The number of aliphatic carboxylic acids is 1. The topological polar surface area (TPSA) is 82.1 Å². The van der Waals surface area contributed by atoms with E-state index in [1.165, 1.54) is 0 Å². The number of halogens is 3. The van der Waals surface area contributed by atoms with Crippen LogP contribution in [0.4, 0.5) is 0 Å². The molecule has 0 aromatic heterocycles. The summed E-state index contributed by atoms with van der Waals surface area (Å²) in [6, 6.07) is 0. The molecule has 0 unspecified atom stereocenters. The van der Waals surface area contributed by atoms with Crippen LogP contribution in [0.25, 0.3) is 0 Å². The van der Waals surface area contributed by atoms with Crippen LogP contribution in [-0.2, 0) is 22.9 Å². The first-order valence-corrected chi connectivity index (χ1v) is 9.70. The summed E-state index contributed by atoms with van der Waals surface area (Å²) >= 11 is 9.99. The van der Waals surface area contributed by atoms with Crippen LogP contribution >= 0.6 is 55.6 Å². The molecule has 0 radical (unpaired) electrons. The predicted molar refractivity (Wildman–Crippen MR) is 82.3 cm³/mol. The molecule has 1 N–H and O–H groups in total. The smallest absolute Gasteiger partial charge is 0.475 e. The summed E-state index contributed by atoms with van der Waals surface area (Å²) in [6.45, 7) is 4.05. The molecule has 10 heteroatoms. The van der Waals surface area contributed by atoms with Gasteiger partial charge in [-0.15, -0.1) is 0 Å². The highest BCUT2D eigenvalue weighted by atomic mass is 80.0. The number of phosphoric acid groups is 1. The molecular formula is C10H14Br3O6P. The summed E-state index contributed by atoms with van der Waals surface area (Å²) in [5.74, 6) is -1.85. The molecule has 1 aliphatic carbocycles. The fourth-order valence-corrected chi connectivity index (χ4v) is 5.51. The van der Waals surface area contributed by atoms with Crippen LogP contribution in [0.5, 0.6) is 0 Å². The summed E-state index contributed by atoms with van der Waals surface area (Å²) < 4.78 is 26.8. The fraction of sp³-hybridized carbons (Fsp3) is 0.900. The third kappa shape index (κ3) is 3.34. The van der Waals surface area contributed by atoms with Gasteiger partial charge in [0.05, 0.1) is 19.1 Å². The Bertz CT molecular complexity index is 452. The van der Waals surface area contributed by atoms with Crippen molar-refractivity contribution < 1.29 is 28.0 Å². The summed E-state index contributed by atoms with van der Waals surface area (Å²) in [6.07, 6.45) is -0.748. The van der Waals surface area contributed by atoms with Crippen molar-refractivity contribution in [2.24, 2.45) is 17.3 Å². The lowest BCUT2D eigenvalue weighted by molar-refractivity contribution is -0.139. The zero-order chi connectivity index (χ0) is 15.3. The summed E-state index contributed by atoms with van der Waals surface area (Å²) in [5.41, 5.74) is -0.476. The number of alkyl halides is 3. The van der Waals surface area contributed by atoms with Crippen molar-refractivity contribution in [1.29, 1.82) is 0 Å². The molecule has 6 nitrogen and oxygen atoms in total. The average molecular weight is 501 g/mol. The Morgan fingerprint density at radius 3 is 2.25 bits per heavy atom. The Kier molecular flexibility index (Phi) is 4.85. The van der Waals surface area contributed by atoms with E-state index < -0.39 is 33.4 Å². The van der Waals surface area contributed by atoms with E-state index >= 15 is 0 Å². The van der Waals surface area contributed by atoms with E-state index in [-0.39, 0.29) is 19.1 Å². The Hall–Kier alpha value is 1.02. The number of carbonyl (C=O) groups is 1. The van der Waals surface area contributed by atoms with Crippen LogP contribution in [0, 0.1) is 17.3 Å². The minimum atomic E-state index is -3.63. The molecule has 3 atom stereocenters. The molecule has 0 aromatic carbocycles. The van der Waals surface area contributed by atoms with E-state index in [1.807, 2.05) is 13.8 Å². The average Bonchev–Trinajstić information content (AvgIpc) is 2.63. The van der Waals surface area contributed by atoms with Crippen molar-refractivity contribution in [3.8, 4) is 0 Å². The van der Waals surface area contributed by atoms with Crippen molar-refractivity contribution in [2.45, 2.75) is 22.1 Å². The van der Waals surface area contributed by atoms with Crippen LogP contribution in [0.1, 0.15) is 13.8 Å². The lowest BCUT2D eigenvalue weighted by Gasteiger charge is -2.28. The molecule has 2 fully saturated rings. The highest BCUT2D eigenvalue weighted by molar-refractivity contribution is 9.39. The van der Waals surface area contributed by atoms with Gasteiger partial charge in [-0.1, -0.05) is 61.6 Å². The van der Waals surface area contributed by atoms with Gasteiger partial charge in [-0.05, 0) is 5.41 Å². The lowest BCUT2D eigenvalue weighted by atomic mass is 10.1. The molecule has 0 aromatic rings. The van der Waals surface area contributed by atoms with Crippen LogP contribution in [0.2, 0.25) is 0 Å². The van der Waals surface area contributed by atoms with Crippen LogP contribution in [0.3, 0.4) is 0 Å². The second kappa shape index (κ2) is 5.58. The molecule has 1 saturated carbocycles. The second-order valence-corrected chi connectivity index (χ2v) is 13.9. The number of phosphoric ester groups is 1. The van der Waals surface area contributed by atoms with Gasteiger partial charge in [-0.2, -0.15) is 0 Å². The van der Waals surface area contributed by atoms with Crippen molar-refractivity contribution in [2.75, 3.05) is 13.2 Å². The third-order valence-corrected chi connectivity index (χ3v) is 6.49. The molecule has 0 spiro atoms. The van der Waals surface area contributed by atoms with Crippen molar-refractivity contribution in [3.05, 3.63) is 0 Å². The van der Waals surface area contributed by atoms with Gasteiger partial charge >= 0.3 is 13.8 Å². The number of hydrogen-bond acceptors (Lipinski definition) is 5. The Morgan fingerprint density at radius 2 is 1.90 bits per heavy atom. The summed E-state index contributed by atoms with van der Waals surface area (Å²) in [5, 5.41) is 9.27. The van der Waals surface area contributed by atoms with E-state index in [2.05, 4.69) is 47.8 Å². The molecule has 20 heavy (non-hydrogen) atoms. The van der Waals surface area contributed by atoms with Gasteiger partial charge in [0.25, 0.3) is 0 Å². The van der Waals surface area contributed by atoms with Gasteiger partial charge in [0.15, 0.2) is 2.14 Å². The molecule has 2 aliphatic rings. The molecule has 1 saturated heterocycles. The van der Waals surface area contributed by atoms with Gasteiger partial charge < -0.3 is 5.11 Å². The first-order chi connectivity index (χ1) is 8.99. The van der Waals surface area contributed by atoms with Crippen molar-refractivity contribution >= 4 is 61.6 Å². The van der Waals surface area contributed by atoms with Gasteiger partial charge in [-0.25, -0.2) is 4.57 Å². The van der Waals surface area contributed by atoms with Gasteiger partial charge in [0.1, 0.15) is 6.10 Å². The SMILES string of the molecule is CC1(C)[C@@H]([C@@H](OP2(=O)OCCO2)C(Br)(Br)Br)[C@H]1C(=O)O. The lowest BCUT2D eigenvalue weighted by Crippen LogP contribution is -2.31. The monoisotopic (exact) mass is 498 g/mol. The van der Waals surface area contributed by atoms with Gasteiger partial charge in [-0.3, -0.25) is 18.4 Å². The molecule has 0 bridgehead atoms. The fourth-order valence-electron chi connectivity index (χ4n) is 2.58. The van der Waals surface area contributed by atoms with Crippen LogP contribution < -0.4 is 0 Å². The zero-order valence-electron chi connectivity index (χ0n) is 10.7. The molecule has 2 rings (SSSR count). The van der Waals surface area contributed by atoms with Crippen LogP contribution in [-0.4, -0.2) is 32.5 Å². The number of carboxylic acids is 1. The van der Waals surface area contributed by atoms with E-state index in [0.29, 0.717) is 0 Å². The minimum Gasteiger partial charge on any atom is -0.481 e. The summed E-state index contributed by atoms with van der Waals surface area (Å²) in [7, 11) is -3.63.